The number of aliphatic hydroxyl groups excluding tert-OH is 1. The van der Waals surface area contributed by atoms with Crippen LogP contribution in [0.1, 0.15) is 35.2 Å². The number of nitrogen functional groups attached to an aromatic ring is 1. The summed E-state index contributed by atoms with van der Waals surface area (Å²) in [6, 6.07) is 3.57. The second kappa shape index (κ2) is 5.92. The van der Waals surface area contributed by atoms with Gasteiger partial charge in [-0.1, -0.05) is 15.9 Å². The summed E-state index contributed by atoms with van der Waals surface area (Å²) < 4.78 is 0.803. The fourth-order valence-electron chi connectivity index (χ4n) is 2.50. The molecule has 4 nitrogen and oxygen atoms in total. The SMILES string of the molecule is Cc1c(N)cc(Br)cc1C(=O)NCC1CCC(O)C1. The highest BCUT2D eigenvalue weighted by molar-refractivity contribution is 9.10. The summed E-state index contributed by atoms with van der Waals surface area (Å²) in [5, 5.41) is 12.4. The second-order valence-corrected chi connectivity index (χ2v) is 6.13. The van der Waals surface area contributed by atoms with E-state index in [1.165, 1.54) is 0 Å². The zero-order chi connectivity index (χ0) is 14.0. The van der Waals surface area contributed by atoms with Crippen molar-refractivity contribution < 1.29 is 9.90 Å². The lowest BCUT2D eigenvalue weighted by atomic mass is 10.1. The number of hydrogen-bond acceptors (Lipinski definition) is 3. The number of carbonyl (C=O) groups excluding carboxylic acids is 1. The summed E-state index contributed by atoms with van der Waals surface area (Å²) in [6.45, 7) is 2.46. The van der Waals surface area contributed by atoms with Crippen LogP contribution < -0.4 is 11.1 Å². The topological polar surface area (TPSA) is 75.4 Å². The van der Waals surface area contributed by atoms with E-state index in [0.29, 0.717) is 23.7 Å². The number of benzene rings is 1. The van der Waals surface area contributed by atoms with Crippen molar-refractivity contribution in [1.82, 2.24) is 5.32 Å². The van der Waals surface area contributed by atoms with Crippen LogP contribution in [0.25, 0.3) is 0 Å². The Morgan fingerprint density at radius 2 is 2.26 bits per heavy atom. The number of nitrogens with one attached hydrogen (secondary N) is 1. The Morgan fingerprint density at radius 3 is 2.89 bits per heavy atom. The van der Waals surface area contributed by atoms with Crippen molar-refractivity contribution in [2.45, 2.75) is 32.3 Å². The van der Waals surface area contributed by atoms with Crippen LogP contribution in [0.4, 0.5) is 5.69 Å². The summed E-state index contributed by atoms with van der Waals surface area (Å²) in [5.41, 5.74) is 7.86. The second-order valence-electron chi connectivity index (χ2n) is 5.21. The lowest BCUT2D eigenvalue weighted by Gasteiger charge is -2.13. The third kappa shape index (κ3) is 3.48. The lowest BCUT2D eigenvalue weighted by Crippen LogP contribution is -2.29. The third-order valence-electron chi connectivity index (χ3n) is 3.72. The van der Waals surface area contributed by atoms with Gasteiger partial charge in [-0.25, -0.2) is 0 Å². The number of aliphatic hydroxyl groups is 1. The van der Waals surface area contributed by atoms with Crippen LogP contribution in [-0.4, -0.2) is 23.7 Å². The number of anilines is 1. The third-order valence-corrected chi connectivity index (χ3v) is 4.18. The van der Waals surface area contributed by atoms with Crippen LogP contribution in [0, 0.1) is 12.8 Å². The molecule has 1 aliphatic rings. The Kier molecular flexibility index (Phi) is 4.47. The van der Waals surface area contributed by atoms with Gasteiger partial charge in [0.1, 0.15) is 0 Å². The van der Waals surface area contributed by atoms with Crippen molar-refractivity contribution >= 4 is 27.5 Å². The van der Waals surface area contributed by atoms with Gasteiger partial charge >= 0.3 is 0 Å². The molecular weight excluding hydrogens is 308 g/mol. The van der Waals surface area contributed by atoms with E-state index in [4.69, 9.17) is 5.73 Å². The molecule has 19 heavy (non-hydrogen) atoms. The Bertz CT molecular complexity index is 491. The van der Waals surface area contributed by atoms with Gasteiger partial charge in [0.15, 0.2) is 0 Å². The normalized spacial score (nSPS) is 22.5. The molecule has 5 heteroatoms. The van der Waals surface area contributed by atoms with Gasteiger partial charge in [-0.15, -0.1) is 0 Å². The van der Waals surface area contributed by atoms with Gasteiger partial charge in [0.2, 0.25) is 0 Å². The summed E-state index contributed by atoms with van der Waals surface area (Å²) >= 11 is 3.35. The molecule has 0 heterocycles. The van der Waals surface area contributed by atoms with Crippen LogP contribution in [0.15, 0.2) is 16.6 Å². The molecule has 0 aromatic heterocycles. The summed E-state index contributed by atoms with van der Waals surface area (Å²) in [5.74, 6) is 0.274. The van der Waals surface area contributed by atoms with Gasteiger partial charge in [0.05, 0.1) is 6.10 Å². The molecule has 0 aliphatic heterocycles. The van der Waals surface area contributed by atoms with Crippen molar-refractivity contribution in [3.8, 4) is 0 Å². The smallest absolute Gasteiger partial charge is 0.251 e. The van der Waals surface area contributed by atoms with E-state index >= 15 is 0 Å². The van der Waals surface area contributed by atoms with Crippen molar-refractivity contribution in [1.29, 1.82) is 0 Å². The van der Waals surface area contributed by atoms with Crippen LogP contribution >= 0.6 is 15.9 Å². The van der Waals surface area contributed by atoms with Crippen molar-refractivity contribution in [3.63, 3.8) is 0 Å². The van der Waals surface area contributed by atoms with Crippen molar-refractivity contribution in [2.75, 3.05) is 12.3 Å². The van der Waals surface area contributed by atoms with Crippen LogP contribution in [0.2, 0.25) is 0 Å². The van der Waals surface area contributed by atoms with Gasteiger partial charge in [0.25, 0.3) is 5.91 Å². The van der Waals surface area contributed by atoms with Crippen molar-refractivity contribution in [3.05, 3.63) is 27.7 Å². The molecule has 1 aliphatic carbocycles. The Morgan fingerprint density at radius 1 is 1.53 bits per heavy atom. The van der Waals surface area contributed by atoms with Crippen LogP contribution in [-0.2, 0) is 0 Å². The minimum absolute atomic E-state index is 0.105. The van der Waals surface area contributed by atoms with Gasteiger partial charge in [-0.2, -0.15) is 0 Å². The average molecular weight is 327 g/mol. The first-order valence-electron chi connectivity index (χ1n) is 6.49. The molecule has 2 atom stereocenters. The number of carbonyl (C=O) groups is 1. The number of amides is 1. The highest BCUT2D eigenvalue weighted by Gasteiger charge is 2.23. The quantitative estimate of drug-likeness (QED) is 0.745. The molecular formula is C14H19BrN2O2. The fraction of sp³-hybridized carbons (Fsp3) is 0.500. The Hall–Kier alpha value is -1.07. The first-order valence-corrected chi connectivity index (χ1v) is 7.28. The summed E-state index contributed by atoms with van der Waals surface area (Å²) in [7, 11) is 0. The van der Waals surface area contributed by atoms with E-state index < -0.39 is 0 Å². The van der Waals surface area contributed by atoms with E-state index in [0.717, 1.165) is 29.3 Å². The van der Waals surface area contributed by atoms with E-state index in [9.17, 15) is 9.90 Å². The predicted molar refractivity (Wildman–Crippen MR) is 79.0 cm³/mol. The summed E-state index contributed by atoms with van der Waals surface area (Å²) in [6.07, 6.45) is 2.38. The van der Waals surface area contributed by atoms with Gasteiger partial charge < -0.3 is 16.2 Å². The number of halogens is 1. The van der Waals surface area contributed by atoms with Gasteiger partial charge in [-0.3, -0.25) is 4.79 Å². The molecule has 1 aromatic rings. The monoisotopic (exact) mass is 326 g/mol. The molecule has 1 saturated carbocycles. The molecule has 4 N–H and O–H groups in total. The lowest BCUT2D eigenvalue weighted by molar-refractivity contribution is 0.0944. The van der Waals surface area contributed by atoms with Gasteiger partial charge in [-0.05, 0) is 49.8 Å². The first-order chi connectivity index (χ1) is 8.97. The van der Waals surface area contributed by atoms with E-state index in [1.54, 1.807) is 12.1 Å². The molecule has 2 rings (SSSR count). The Labute approximate surface area is 121 Å². The van der Waals surface area contributed by atoms with E-state index in [-0.39, 0.29) is 12.0 Å². The molecule has 1 fully saturated rings. The highest BCUT2D eigenvalue weighted by atomic mass is 79.9. The predicted octanol–water partition coefficient (Wildman–Crippen LogP) is 2.23. The minimum Gasteiger partial charge on any atom is -0.398 e. The molecule has 0 saturated heterocycles. The number of hydrogen-bond donors (Lipinski definition) is 3. The summed E-state index contributed by atoms with van der Waals surface area (Å²) in [4.78, 5) is 12.2. The van der Waals surface area contributed by atoms with E-state index in [2.05, 4.69) is 21.2 Å². The van der Waals surface area contributed by atoms with E-state index in [1.807, 2.05) is 6.92 Å². The number of rotatable bonds is 3. The molecule has 0 spiro atoms. The largest absolute Gasteiger partial charge is 0.398 e. The molecule has 0 bridgehead atoms. The zero-order valence-electron chi connectivity index (χ0n) is 10.9. The van der Waals surface area contributed by atoms with Crippen LogP contribution in [0.3, 0.4) is 0 Å². The maximum absolute atomic E-state index is 12.2. The molecule has 1 aromatic carbocycles. The zero-order valence-corrected chi connectivity index (χ0v) is 12.5. The maximum atomic E-state index is 12.2. The highest BCUT2D eigenvalue weighted by Crippen LogP contribution is 2.25. The van der Waals surface area contributed by atoms with Crippen LogP contribution in [0.5, 0.6) is 0 Å². The number of nitrogens with two attached hydrogens (primary N) is 1. The molecule has 2 unspecified atom stereocenters. The minimum atomic E-state index is -0.204. The standard InChI is InChI=1S/C14H19BrN2O2/c1-8-12(5-10(15)6-13(8)16)14(19)17-7-9-2-3-11(18)4-9/h5-6,9,11,18H,2-4,7,16H2,1H3,(H,17,19). The van der Waals surface area contributed by atoms with Gasteiger partial charge in [0, 0.05) is 22.3 Å². The molecule has 1 amide bonds. The first kappa shape index (κ1) is 14.3. The maximum Gasteiger partial charge on any atom is 0.251 e. The average Bonchev–Trinajstić information content (AvgIpc) is 2.76. The van der Waals surface area contributed by atoms with Crippen molar-refractivity contribution in [2.24, 2.45) is 5.92 Å². The molecule has 104 valence electrons. The Balaban J connectivity index is 2.00. The fourth-order valence-corrected chi connectivity index (χ4v) is 2.98. The molecule has 0 radical (unpaired) electrons.